The molecule has 11 heteroatoms. The van der Waals surface area contributed by atoms with E-state index in [2.05, 4.69) is 26.3 Å². The maximum atomic E-state index is 14.5. The number of aromatic nitrogens is 5. The predicted molar refractivity (Wildman–Crippen MR) is 146 cm³/mol. The van der Waals surface area contributed by atoms with Crippen LogP contribution in [0.3, 0.4) is 0 Å². The number of fused-ring (bicyclic) bond motifs is 6. The number of hydrogen-bond acceptors (Lipinski definition) is 6. The Morgan fingerprint density at radius 2 is 2.05 bits per heavy atom. The van der Waals surface area contributed by atoms with Gasteiger partial charge in [0.15, 0.2) is 5.65 Å². The van der Waals surface area contributed by atoms with Crippen LogP contribution in [0.15, 0.2) is 55.0 Å². The van der Waals surface area contributed by atoms with Crippen LogP contribution in [-0.2, 0) is 0 Å². The van der Waals surface area contributed by atoms with Crippen LogP contribution < -0.4 is 9.64 Å². The lowest BCUT2D eigenvalue weighted by Crippen LogP contribution is -2.64. The van der Waals surface area contributed by atoms with Crippen LogP contribution in [-0.4, -0.2) is 67.4 Å². The minimum Gasteiger partial charge on any atom is -0.492 e. The molecule has 3 aliphatic heterocycles. The van der Waals surface area contributed by atoms with Gasteiger partial charge in [0.05, 0.1) is 40.5 Å². The van der Waals surface area contributed by atoms with E-state index in [4.69, 9.17) is 21.3 Å². The summed E-state index contributed by atoms with van der Waals surface area (Å²) < 4.78 is 22.1. The Morgan fingerprint density at radius 1 is 1.18 bits per heavy atom. The van der Waals surface area contributed by atoms with Gasteiger partial charge in [-0.2, -0.15) is 5.10 Å². The van der Waals surface area contributed by atoms with E-state index in [0.717, 1.165) is 46.4 Å². The number of pyridine rings is 2. The van der Waals surface area contributed by atoms with Gasteiger partial charge in [0, 0.05) is 42.5 Å². The Bertz CT molecular complexity index is 1700. The van der Waals surface area contributed by atoms with E-state index in [1.807, 2.05) is 36.0 Å². The number of nitrogens with zero attached hydrogens (tertiary/aromatic N) is 6. The maximum Gasteiger partial charge on any atom is 0.258 e. The first kappa shape index (κ1) is 23.9. The molecule has 3 aliphatic rings. The molecule has 4 aromatic heterocycles. The van der Waals surface area contributed by atoms with Crippen LogP contribution >= 0.6 is 11.6 Å². The first-order chi connectivity index (χ1) is 19.0. The molecule has 2 bridgehead atoms. The third-order valence-electron chi connectivity index (χ3n) is 7.73. The van der Waals surface area contributed by atoms with Gasteiger partial charge in [-0.3, -0.25) is 9.89 Å². The highest BCUT2D eigenvalue weighted by Gasteiger charge is 2.42. The molecule has 2 atom stereocenters. The highest BCUT2D eigenvalue weighted by Crippen LogP contribution is 2.36. The number of benzene rings is 1. The van der Waals surface area contributed by atoms with Crippen LogP contribution in [0, 0.1) is 5.82 Å². The fourth-order valence-electron chi connectivity index (χ4n) is 5.92. The third kappa shape index (κ3) is 3.89. The quantitative estimate of drug-likeness (QED) is 0.336. The Morgan fingerprint density at radius 3 is 2.79 bits per heavy atom. The first-order valence-electron chi connectivity index (χ1n) is 13.0. The average Bonchev–Trinajstić information content (AvgIpc) is 3.54. The minimum atomic E-state index is -0.587. The molecule has 5 aromatic rings. The Balaban J connectivity index is 1.17. The fraction of sp³-hybridized carbons (Fsp3) is 0.286. The summed E-state index contributed by atoms with van der Waals surface area (Å²) in [6.45, 7) is 3.63. The largest absolute Gasteiger partial charge is 0.492 e. The topological polar surface area (TPSA) is 91.6 Å². The van der Waals surface area contributed by atoms with Crippen molar-refractivity contribution in [1.29, 1.82) is 0 Å². The number of H-pyrrole nitrogens is 1. The van der Waals surface area contributed by atoms with Gasteiger partial charge in [0.25, 0.3) is 5.91 Å². The summed E-state index contributed by atoms with van der Waals surface area (Å²) in [6.07, 6.45) is 7.30. The number of piperidine rings is 2. The molecule has 198 valence electrons. The predicted octanol–water partition coefficient (Wildman–Crippen LogP) is 4.96. The Hall–Kier alpha value is -4.18. The number of ether oxygens (including phenoxy) is 1. The zero-order valence-corrected chi connectivity index (χ0v) is 21.9. The number of rotatable bonds is 5. The van der Waals surface area contributed by atoms with Crippen LogP contribution in [0.25, 0.3) is 27.7 Å². The maximum absolute atomic E-state index is 14.5. The molecule has 39 heavy (non-hydrogen) atoms. The summed E-state index contributed by atoms with van der Waals surface area (Å²) in [5.41, 5.74) is 3.46. The molecule has 3 fully saturated rings. The minimum absolute atomic E-state index is 0.0386. The lowest BCUT2D eigenvalue weighted by Gasteiger charge is -2.52. The normalized spacial score (nSPS) is 18.8. The van der Waals surface area contributed by atoms with Crippen LogP contribution in [0.5, 0.6) is 5.75 Å². The standard InChI is InChI=1S/C28H25ClFN7O2/c1-2-39-19-10-20(26-21-12-32-33-27(21)34-37(26)15-19)16-6-9-24(31-11-16)35-13-18-8-7-17(35)14-36(18)28(38)25-22(29)4-3-5-23(25)30/h3-6,9-12,15,17-18H,2,7-8,13-14H2,1H3,(H,33,34). The lowest BCUT2D eigenvalue weighted by atomic mass is 9.90. The number of hydrogen-bond donors (Lipinski definition) is 1. The number of piperazine rings is 1. The summed E-state index contributed by atoms with van der Waals surface area (Å²) in [4.78, 5) is 22.1. The van der Waals surface area contributed by atoms with Gasteiger partial charge in [0.2, 0.25) is 0 Å². The van der Waals surface area contributed by atoms with Crippen molar-refractivity contribution in [3.63, 3.8) is 0 Å². The molecule has 8 rings (SSSR count). The summed E-state index contributed by atoms with van der Waals surface area (Å²) in [5, 5.41) is 12.7. The molecule has 1 aromatic carbocycles. The zero-order valence-electron chi connectivity index (χ0n) is 21.1. The zero-order chi connectivity index (χ0) is 26.7. The van der Waals surface area contributed by atoms with Crippen LogP contribution in [0.2, 0.25) is 5.02 Å². The second-order valence-electron chi connectivity index (χ2n) is 9.94. The molecule has 7 heterocycles. The summed E-state index contributed by atoms with van der Waals surface area (Å²) in [5.74, 6) is 0.635. The molecule has 0 saturated carbocycles. The Labute approximate surface area is 228 Å². The van der Waals surface area contributed by atoms with Crippen molar-refractivity contribution in [3.8, 4) is 16.9 Å². The number of halogens is 2. The van der Waals surface area contributed by atoms with Crippen molar-refractivity contribution < 1.29 is 13.9 Å². The van der Waals surface area contributed by atoms with Crippen LogP contribution in [0.4, 0.5) is 10.2 Å². The van der Waals surface area contributed by atoms with Gasteiger partial charge in [-0.25, -0.2) is 13.9 Å². The first-order valence-corrected chi connectivity index (χ1v) is 13.4. The lowest BCUT2D eigenvalue weighted by molar-refractivity contribution is 0.0500. The highest BCUT2D eigenvalue weighted by atomic mass is 35.5. The molecular weight excluding hydrogens is 521 g/mol. The molecule has 1 amide bonds. The van der Waals surface area contributed by atoms with Gasteiger partial charge >= 0.3 is 0 Å². The van der Waals surface area contributed by atoms with E-state index in [-0.39, 0.29) is 28.6 Å². The molecule has 9 nitrogen and oxygen atoms in total. The highest BCUT2D eigenvalue weighted by molar-refractivity contribution is 6.33. The number of carbonyl (C=O) groups is 1. The SMILES string of the molecule is CCOc1cc(-c2ccc(N3CC4CCC3CN4C(=O)c3c(F)cccc3Cl)nc2)c2c3cn[nH]c3nn2c1. The Kier molecular flexibility index (Phi) is 5.66. The number of anilines is 1. The van der Waals surface area contributed by atoms with Gasteiger partial charge in [-0.1, -0.05) is 17.7 Å². The second kappa shape index (κ2) is 9.23. The van der Waals surface area contributed by atoms with E-state index in [1.54, 1.807) is 17.2 Å². The van der Waals surface area contributed by atoms with E-state index >= 15 is 0 Å². The molecule has 2 unspecified atom stereocenters. The van der Waals surface area contributed by atoms with Gasteiger partial charge < -0.3 is 14.5 Å². The molecular formula is C28H25ClFN7O2. The van der Waals surface area contributed by atoms with Gasteiger partial charge in [0.1, 0.15) is 17.4 Å². The summed E-state index contributed by atoms with van der Waals surface area (Å²) in [7, 11) is 0. The van der Waals surface area contributed by atoms with Crippen molar-refractivity contribution in [2.45, 2.75) is 31.8 Å². The molecule has 0 radical (unpaired) electrons. The average molecular weight is 546 g/mol. The fourth-order valence-corrected chi connectivity index (χ4v) is 6.17. The third-order valence-corrected chi connectivity index (χ3v) is 8.05. The molecule has 3 saturated heterocycles. The van der Waals surface area contributed by atoms with Crippen molar-refractivity contribution in [1.82, 2.24) is 29.7 Å². The second-order valence-corrected chi connectivity index (χ2v) is 10.4. The number of nitrogens with one attached hydrogen (secondary N) is 1. The van der Waals surface area contributed by atoms with E-state index in [0.29, 0.717) is 25.3 Å². The van der Waals surface area contributed by atoms with Crippen molar-refractivity contribution in [2.75, 3.05) is 24.6 Å². The number of amides is 1. The van der Waals surface area contributed by atoms with Crippen molar-refractivity contribution in [2.24, 2.45) is 0 Å². The summed E-state index contributed by atoms with van der Waals surface area (Å²) >= 11 is 6.19. The van der Waals surface area contributed by atoms with E-state index < -0.39 is 5.82 Å². The molecule has 0 spiro atoms. The van der Waals surface area contributed by atoms with Crippen LogP contribution in [0.1, 0.15) is 30.1 Å². The number of aromatic amines is 1. The van der Waals surface area contributed by atoms with Gasteiger partial charge in [-0.05, 0) is 50.1 Å². The monoisotopic (exact) mass is 545 g/mol. The summed E-state index contributed by atoms with van der Waals surface area (Å²) in [6, 6.07) is 10.5. The molecule has 1 N–H and O–H groups in total. The molecule has 0 aliphatic carbocycles. The van der Waals surface area contributed by atoms with Crippen molar-refractivity contribution in [3.05, 3.63) is 71.4 Å². The van der Waals surface area contributed by atoms with Gasteiger partial charge in [-0.15, -0.1) is 5.10 Å². The number of carbonyl (C=O) groups excluding carboxylic acids is 1. The van der Waals surface area contributed by atoms with Crippen molar-refractivity contribution >= 4 is 39.9 Å². The smallest absolute Gasteiger partial charge is 0.258 e. The van der Waals surface area contributed by atoms with E-state index in [9.17, 15) is 9.18 Å². The van der Waals surface area contributed by atoms with E-state index in [1.165, 1.54) is 12.1 Å².